The van der Waals surface area contributed by atoms with Gasteiger partial charge in [0.25, 0.3) is 6.29 Å². The van der Waals surface area contributed by atoms with Gasteiger partial charge in [0.05, 0.1) is 18.1 Å². The number of hydrogen-bond acceptors (Lipinski definition) is 7. The zero-order valence-corrected chi connectivity index (χ0v) is 24.1. The van der Waals surface area contributed by atoms with Crippen molar-refractivity contribution in [3.05, 3.63) is 65.0 Å². The number of carbonyl (C=O) groups is 1. The fourth-order valence-electron chi connectivity index (χ4n) is 5.70. The highest BCUT2D eigenvalue weighted by Crippen LogP contribution is 2.30. The van der Waals surface area contributed by atoms with Crippen molar-refractivity contribution < 1.29 is 18.7 Å². The van der Waals surface area contributed by atoms with Crippen LogP contribution in [0.1, 0.15) is 67.3 Å². The molecule has 1 radical (unpaired) electrons. The quantitative estimate of drug-likeness (QED) is 0.181. The molecule has 1 saturated heterocycles. The average molecular weight is 554 g/mol. The van der Waals surface area contributed by atoms with E-state index in [1.807, 2.05) is 37.6 Å². The minimum atomic E-state index is -0.820. The Labute approximate surface area is 240 Å². The molecule has 1 aliphatic rings. The van der Waals surface area contributed by atoms with Gasteiger partial charge in [-0.05, 0) is 88.0 Å². The Bertz CT molecular complexity index is 1580. The summed E-state index contributed by atoms with van der Waals surface area (Å²) >= 11 is 0. The molecule has 0 bridgehead atoms. The van der Waals surface area contributed by atoms with Crippen LogP contribution >= 0.6 is 0 Å². The van der Waals surface area contributed by atoms with E-state index >= 15 is 0 Å². The Morgan fingerprint density at radius 1 is 1.10 bits per heavy atom. The predicted molar refractivity (Wildman–Crippen MR) is 160 cm³/mol. The number of nitrogens with zero attached hydrogens (tertiary/aromatic N) is 3. The second-order valence-electron chi connectivity index (χ2n) is 11.4. The number of aromatic amines is 1. The van der Waals surface area contributed by atoms with E-state index < -0.39 is 11.6 Å². The van der Waals surface area contributed by atoms with E-state index in [4.69, 9.17) is 14.4 Å². The van der Waals surface area contributed by atoms with Crippen LogP contribution < -0.4 is 4.90 Å². The number of piperazine rings is 1. The van der Waals surface area contributed by atoms with E-state index in [1.165, 1.54) is 11.3 Å². The van der Waals surface area contributed by atoms with Gasteiger partial charge in [-0.1, -0.05) is 6.92 Å². The van der Waals surface area contributed by atoms with Crippen LogP contribution in [-0.2, 0) is 22.4 Å². The molecule has 1 fully saturated rings. The van der Waals surface area contributed by atoms with Crippen molar-refractivity contribution in [2.24, 2.45) is 0 Å². The zero-order valence-electron chi connectivity index (χ0n) is 24.1. The van der Waals surface area contributed by atoms with E-state index in [-0.39, 0.29) is 6.42 Å². The maximum Gasteiger partial charge on any atom is 0.338 e. The number of nitriles is 1. The summed E-state index contributed by atoms with van der Waals surface area (Å²) in [4.78, 5) is 32.2. The molecule has 2 aromatic carbocycles. The largest absolute Gasteiger partial charge is 0.455 e. The van der Waals surface area contributed by atoms with Gasteiger partial charge in [-0.3, -0.25) is 9.69 Å². The summed E-state index contributed by atoms with van der Waals surface area (Å²) < 4.78 is 11.2. The van der Waals surface area contributed by atoms with E-state index in [2.05, 4.69) is 33.0 Å². The number of anilines is 1. The monoisotopic (exact) mass is 553 g/mol. The van der Waals surface area contributed by atoms with Crippen LogP contribution in [0.15, 0.2) is 47.0 Å². The van der Waals surface area contributed by atoms with Crippen LogP contribution in [0.4, 0.5) is 5.69 Å². The first-order chi connectivity index (χ1) is 19.8. The lowest BCUT2D eigenvalue weighted by atomic mass is 10.0. The minimum Gasteiger partial charge on any atom is -0.455 e. The molecule has 0 spiro atoms. The second-order valence-corrected chi connectivity index (χ2v) is 11.4. The Morgan fingerprint density at radius 2 is 1.90 bits per heavy atom. The summed E-state index contributed by atoms with van der Waals surface area (Å²) in [5.74, 6) is -0.0887. The van der Waals surface area contributed by atoms with Gasteiger partial charge in [-0.15, -0.1) is 0 Å². The molecule has 2 aromatic heterocycles. The summed E-state index contributed by atoms with van der Waals surface area (Å²) in [7, 11) is 0. The van der Waals surface area contributed by atoms with Gasteiger partial charge < -0.3 is 19.0 Å². The molecule has 5 rings (SSSR count). The number of esters is 1. The molecule has 0 unspecified atom stereocenters. The summed E-state index contributed by atoms with van der Waals surface area (Å²) in [5, 5.41) is 11.0. The highest BCUT2D eigenvalue weighted by molar-refractivity contribution is 5.96. The normalized spacial score (nSPS) is 14.4. The lowest BCUT2D eigenvalue weighted by Crippen LogP contribution is -2.46. The number of unbranched alkanes of at least 4 members (excludes halogenated alkanes) is 1. The number of rotatable bonds is 11. The average Bonchev–Trinajstić information content (AvgIpc) is 3.55. The number of benzene rings is 2. The van der Waals surface area contributed by atoms with Crippen molar-refractivity contribution in [1.82, 2.24) is 9.88 Å². The molecule has 1 N–H and O–H groups in total. The number of hydrogen-bond donors (Lipinski definition) is 1. The molecule has 0 amide bonds. The third kappa shape index (κ3) is 6.31. The summed E-state index contributed by atoms with van der Waals surface area (Å²) in [6.07, 6.45) is 7.95. The lowest BCUT2D eigenvalue weighted by molar-refractivity contribution is 0.00115. The number of furan rings is 1. The van der Waals surface area contributed by atoms with E-state index in [0.717, 1.165) is 85.8 Å². The van der Waals surface area contributed by atoms with E-state index in [1.54, 1.807) is 19.9 Å². The number of aryl methyl sites for hydroxylation is 2. The number of carbonyl (C=O) groups excluding carboxylic acids is 2. The van der Waals surface area contributed by atoms with Crippen molar-refractivity contribution in [1.29, 1.82) is 5.26 Å². The SMILES string of the molecule is CCc1c([C]=O)oc2ccc(N3CCN(CCCCc4c[nH]c5ccc(C(=O)OC(C)(C)CC#N)cc45)CC3)cc12. The van der Waals surface area contributed by atoms with Crippen molar-refractivity contribution in [2.45, 2.75) is 58.5 Å². The molecule has 8 nitrogen and oxygen atoms in total. The maximum absolute atomic E-state index is 12.7. The molecule has 0 aliphatic carbocycles. The molecule has 8 heteroatoms. The highest BCUT2D eigenvalue weighted by Gasteiger charge is 2.24. The Kier molecular flexibility index (Phi) is 8.46. The molecule has 1 aliphatic heterocycles. The van der Waals surface area contributed by atoms with Crippen LogP contribution in [0.3, 0.4) is 0 Å². The van der Waals surface area contributed by atoms with Crippen molar-refractivity contribution in [3.8, 4) is 6.07 Å². The van der Waals surface area contributed by atoms with Gasteiger partial charge in [0.2, 0.25) is 0 Å². The summed E-state index contributed by atoms with van der Waals surface area (Å²) in [6, 6.07) is 13.8. The number of H-pyrrole nitrogens is 1. The van der Waals surface area contributed by atoms with Crippen LogP contribution in [-0.4, -0.2) is 60.5 Å². The first-order valence-electron chi connectivity index (χ1n) is 14.4. The smallest absolute Gasteiger partial charge is 0.338 e. The van der Waals surface area contributed by atoms with Crippen LogP contribution in [0.2, 0.25) is 0 Å². The fourth-order valence-corrected chi connectivity index (χ4v) is 5.70. The number of fused-ring (bicyclic) bond motifs is 2. The Morgan fingerprint density at radius 3 is 2.63 bits per heavy atom. The highest BCUT2D eigenvalue weighted by atomic mass is 16.6. The molecule has 213 valence electrons. The molecule has 0 saturated carbocycles. The van der Waals surface area contributed by atoms with Gasteiger partial charge in [0.1, 0.15) is 11.2 Å². The van der Waals surface area contributed by atoms with Gasteiger partial charge in [-0.2, -0.15) is 5.26 Å². The molecular weight excluding hydrogens is 516 g/mol. The third-order valence-electron chi connectivity index (χ3n) is 8.01. The summed E-state index contributed by atoms with van der Waals surface area (Å²) in [6.45, 7) is 10.5. The third-order valence-corrected chi connectivity index (χ3v) is 8.01. The lowest BCUT2D eigenvalue weighted by Gasteiger charge is -2.36. The first-order valence-corrected chi connectivity index (χ1v) is 14.4. The molecule has 0 atom stereocenters. The molecule has 41 heavy (non-hydrogen) atoms. The van der Waals surface area contributed by atoms with Crippen molar-refractivity contribution >= 4 is 39.8 Å². The van der Waals surface area contributed by atoms with Gasteiger partial charge in [0.15, 0.2) is 5.76 Å². The fraction of sp³-hybridized carbons (Fsp3) is 0.424. The molecule has 4 aromatic rings. The maximum atomic E-state index is 12.7. The number of nitrogens with one attached hydrogen (secondary N) is 1. The van der Waals surface area contributed by atoms with Crippen LogP contribution in [0.25, 0.3) is 21.9 Å². The first kappa shape index (κ1) is 28.4. The predicted octanol–water partition coefficient (Wildman–Crippen LogP) is 5.93. The number of aromatic nitrogens is 1. The van der Waals surface area contributed by atoms with E-state index in [9.17, 15) is 9.59 Å². The van der Waals surface area contributed by atoms with Gasteiger partial charge >= 0.3 is 5.97 Å². The van der Waals surface area contributed by atoms with Crippen molar-refractivity contribution in [3.63, 3.8) is 0 Å². The molecular formula is C33H37N4O4. The topological polar surface area (TPSA) is 103 Å². The zero-order chi connectivity index (χ0) is 29.0. The van der Waals surface area contributed by atoms with E-state index in [0.29, 0.717) is 11.3 Å². The molecule has 3 heterocycles. The second kappa shape index (κ2) is 12.2. The minimum absolute atomic E-state index is 0.147. The van der Waals surface area contributed by atoms with Gasteiger partial charge in [0, 0.05) is 59.9 Å². The van der Waals surface area contributed by atoms with Crippen LogP contribution in [0.5, 0.6) is 0 Å². The summed E-state index contributed by atoms with van der Waals surface area (Å²) in [5.41, 5.74) is 4.73. The standard InChI is InChI=1S/C33H37N4O4/c1-4-26-28-20-25(9-11-30(28)40-31(26)22-38)37-17-15-36(16-18-37)14-6-5-7-24-21-35-29-10-8-23(19-27(24)29)32(39)41-33(2,3)12-13-34/h8-11,19-21,35H,4-7,12,14-18H2,1-3H3. The van der Waals surface area contributed by atoms with Gasteiger partial charge in [-0.25, -0.2) is 4.79 Å². The Balaban J connectivity index is 1.12. The van der Waals surface area contributed by atoms with Crippen molar-refractivity contribution in [2.75, 3.05) is 37.6 Å². The Hall–Kier alpha value is -4.09. The van der Waals surface area contributed by atoms with Crippen LogP contribution in [0, 0.1) is 11.3 Å². The number of ether oxygens (including phenoxy) is 1.